The molecule has 3 amide bonds. The number of carbonyl (C=O) groups excluding carboxylic acids is 3. The van der Waals surface area contributed by atoms with E-state index >= 15 is 0 Å². The zero-order chi connectivity index (χ0) is 23.8. The first-order valence-corrected chi connectivity index (χ1v) is 11.4. The molecule has 1 aliphatic heterocycles. The third kappa shape index (κ3) is 7.49. The van der Waals surface area contributed by atoms with Gasteiger partial charge in [-0.1, -0.05) is 11.6 Å². The van der Waals surface area contributed by atoms with Crippen LogP contribution in [0.1, 0.15) is 42.1 Å². The topological polar surface area (TPSA) is 106 Å². The summed E-state index contributed by atoms with van der Waals surface area (Å²) < 4.78 is 7.49. The first kappa shape index (κ1) is 24.6. The highest BCUT2D eigenvalue weighted by molar-refractivity contribution is 6.31. The fourth-order valence-electron chi connectivity index (χ4n) is 3.58. The molecule has 2 aromatic rings. The molecule has 9 nitrogen and oxygen atoms in total. The molecule has 178 valence electrons. The van der Waals surface area contributed by atoms with Crippen LogP contribution in [0.25, 0.3) is 0 Å². The van der Waals surface area contributed by atoms with Gasteiger partial charge in [-0.2, -0.15) is 5.10 Å². The largest absolute Gasteiger partial charge is 0.491 e. The summed E-state index contributed by atoms with van der Waals surface area (Å²) in [6.07, 6.45) is 5.78. The molecule has 0 bridgehead atoms. The van der Waals surface area contributed by atoms with E-state index in [0.717, 1.165) is 5.56 Å². The van der Waals surface area contributed by atoms with Crippen molar-refractivity contribution in [2.75, 3.05) is 26.2 Å². The fraction of sp³-hybridized carbons (Fsp3) is 0.478. The molecule has 2 N–H and O–H groups in total. The highest BCUT2D eigenvalue weighted by atomic mass is 35.5. The summed E-state index contributed by atoms with van der Waals surface area (Å²) in [6.45, 7) is 2.82. The van der Waals surface area contributed by atoms with Gasteiger partial charge in [0.15, 0.2) is 0 Å². The van der Waals surface area contributed by atoms with Gasteiger partial charge in [0, 0.05) is 37.8 Å². The molecule has 0 saturated heterocycles. The van der Waals surface area contributed by atoms with Gasteiger partial charge < -0.3 is 20.3 Å². The van der Waals surface area contributed by atoms with E-state index in [1.54, 1.807) is 40.9 Å². The molecule has 0 fully saturated rings. The van der Waals surface area contributed by atoms with Crippen molar-refractivity contribution in [2.45, 2.75) is 38.6 Å². The van der Waals surface area contributed by atoms with Gasteiger partial charge in [-0.05, 0) is 49.9 Å². The van der Waals surface area contributed by atoms with Gasteiger partial charge in [-0.15, -0.1) is 0 Å². The number of nitrogens with one attached hydrogen (secondary N) is 2. The van der Waals surface area contributed by atoms with E-state index in [1.165, 1.54) is 0 Å². The highest BCUT2D eigenvalue weighted by Gasteiger charge is 2.20. The predicted octanol–water partition coefficient (Wildman–Crippen LogP) is 1.94. The minimum Gasteiger partial charge on any atom is -0.491 e. The Hall–Kier alpha value is -3.07. The van der Waals surface area contributed by atoms with Crippen molar-refractivity contribution in [3.8, 4) is 5.75 Å². The fourth-order valence-corrected chi connectivity index (χ4v) is 3.75. The van der Waals surface area contributed by atoms with E-state index < -0.39 is 0 Å². The molecule has 1 aliphatic rings. The van der Waals surface area contributed by atoms with Gasteiger partial charge in [-0.3, -0.25) is 19.1 Å². The Bertz CT molecular complexity index is 993. The second-order valence-corrected chi connectivity index (χ2v) is 8.66. The number of nitrogens with zero attached hydrogens (tertiary/aromatic N) is 3. The lowest BCUT2D eigenvalue weighted by molar-refractivity contribution is -0.136. The number of amides is 3. The Labute approximate surface area is 198 Å². The number of carbonyl (C=O) groups is 3. The number of fused-ring (bicyclic) bond motifs is 1. The first-order chi connectivity index (χ1) is 15.8. The minimum absolute atomic E-state index is 0.0191. The van der Waals surface area contributed by atoms with Crippen LogP contribution >= 0.6 is 11.6 Å². The molecule has 1 aromatic heterocycles. The van der Waals surface area contributed by atoms with Crippen LogP contribution in [-0.4, -0.2) is 64.7 Å². The molecule has 1 atom stereocenters. The van der Waals surface area contributed by atoms with Crippen LogP contribution in [-0.2, 0) is 23.1 Å². The van der Waals surface area contributed by atoms with Gasteiger partial charge >= 0.3 is 0 Å². The number of aryl methyl sites for hydroxylation is 2. The minimum atomic E-state index is -0.318. The Morgan fingerprint density at radius 1 is 1.30 bits per heavy atom. The van der Waals surface area contributed by atoms with Crippen molar-refractivity contribution in [1.82, 2.24) is 25.3 Å². The van der Waals surface area contributed by atoms with E-state index in [9.17, 15) is 14.4 Å². The van der Waals surface area contributed by atoms with Crippen molar-refractivity contribution >= 4 is 29.3 Å². The third-order valence-electron chi connectivity index (χ3n) is 5.30. The van der Waals surface area contributed by atoms with Gasteiger partial charge in [-0.25, -0.2) is 0 Å². The second-order valence-electron chi connectivity index (χ2n) is 8.22. The van der Waals surface area contributed by atoms with E-state index in [2.05, 4.69) is 15.7 Å². The molecule has 10 heteroatoms. The molecular weight excluding hydrogens is 446 g/mol. The number of rotatable bonds is 3. The van der Waals surface area contributed by atoms with Crippen LogP contribution in [0.15, 0.2) is 30.6 Å². The Morgan fingerprint density at radius 2 is 2.12 bits per heavy atom. The second kappa shape index (κ2) is 11.7. The molecular formula is C23H30ClN5O4. The summed E-state index contributed by atoms with van der Waals surface area (Å²) in [5.41, 5.74) is 1.32. The standard InChI is InChI=1S/C23H30ClN5O4/c1-16-15-33-20-7-6-18(24)11-19(20)23(32)25-9-3-4-10-29(14-21(30)27-16)22(31)8-5-17-12-26-28(2)13-17/h6-7,11-13,16H,3-5,8-10,14-15H2,1-2H3,(H,25,32)(H,27,30)/t16-/m1/s1. The summed E-state index contributed by atoms with van der Waals surface area (Å²) in [7, 11) is 1.83. The number of ether oxygens (including phenoxy) is 1. The highest BCUT2D eigenvalue weighted by Crippen LogP contribution is 2.23. The van der Waals surface area contributed by atoms with Crippen LogP contribution < -0.4 is 15.4 Å². The Kier molecular flexibility index (Phi) is 8.71. The van der Waals surface area contributed by atoms with Crippen molar-refractivity contribution in [1.29, 1.82) is 0 Å². The lowest BCUT2D eigenvalue weighted by Crippen LogP contribution is -2.45. The van der Waals surface area contributed by atoms with Crippen LogP contribution in [0.3, 0.4) is 0 Å². The third-order valence-corrected chi connectivity index (χ3v) is 5.53. The number of aromatic nitrogens is 2. The average molecular weight is 476 g/mol. The van der Waals surface area contributed by atoms with E-state index in [1.807, 2.05) is 13.2 Å². The van der Waals surface area contributed by atoms with Crippen molar-refractivity contribution in [3.05, 3.63) is 46.7 Å². The average Bonchev–Trinajstić information content (AvgIpc) is 3.19. The van der Waals surface area contributed by atoms with Crippen LogP contribution in [0.2, 0.25) is 5.02 Å². The molecule has 0 unspecified atom stereocenters. The molecule has 0 radical (unpaired) electrons. The number of hydrogen-bond acceptors (Lipinski definition) is 5. The van der Waals surface area contributed by atoms with Crippen LogP contribution in [0.5, 0.6) is 5.75 Å². The van der Waals surface area contributed by atoms with E-state index in [4.69, 9.17) is 16.3 Å². The molecule has 33 heavy (non-hydrogen) atoms. The SMILES string of the molecule is C[C@@H]1COc2ccc(Cl)cc2C(=O)NCCCCN(C(=O)CCc2cnn(C)c2)CC(=O)N1. The smallest absolute Gasteiger partial charge is 0.255 e. The number of hydrogen-bond donors (Lipinski definition) is 2. The lowest BCUT2D eigenvalue weighted by atomic mass is 10.1. The Morgan fingerprint density at radius 3 is 2.88 bits per heavy atom. The quantitative estimate of drug-likeness (QED) is 0.705. The molecule has 2 heterocycles. The summed E-state index contributed by atoms with van der Waals surface area (Å²) in [4.78, 5) is 39.7. The maximum atomic E-state index is 12.8. The maximum absolute atomic E-state index is 12.8. The van der Waals surface area contributed by atoms with Crippen molar-refractivity contribution in [3.63, 3.8) is 0 Å². The summed E-state index contributed by atoms with van der Waals surface area (Å²) in [6, 6.07) is 4.55. The summed E-state index contributed by atoms with van der Waals surface area (Å²) in [5.74, 6) is -0.210. The van der Waals surface area contributed by atoms with E-state index in [-0.39, 0.29) is 36.9 Å². The normalized spacial score (nSPS) is 18.3. The van der Waals surface area contributed by atoms with Crippen molar-refractivity contribution in [2.24, 2.45) is 7.05 Å². The molecule has 0 aliphatic carbocycles. The van der Waals surface area contributed by atoms with Gasteiger partial charge in [0.1, 0.15) is 12.4 Å². The van der Waals surface area contributed by atoms with Crippen LogP contribution in [0.4, 0.5) is 0 Å². The predicted molar refractivity (Wildman–Crippen MR) is 124 cm³/mol. The number of halogens is 1. The lowest BCUT2D eigenvalue weighted by Gasteiger charge is -2.23. The van der Waals surface area contributed by atoms with Gasteiger partial charge in [0.2, 0.25) is 11.8 Å². The Balaban J connectivity index is 1.66. The zero-order valence-corrected chi connectivity index (χ0v) is 19.7. The van der Waals surface area contributed by atoms with Gasteiger partial charge in [0.25, 0.3) is 5.91 Å². The molecule has 3 rings (SSSR count). The molecule has 1 aromatic carbocycles. The van der Waals surface area contributed by atoms with Gasteiger partial charge in [0.05, 0.1) is 24.3 Å². The summed E-state index contributed by atoms with van der Waals surface area (Å²) >= 11 is 6.06. The maximum Gasteiger partial charge on any atom is 0.255 e. The molecule has 0 saturated carbocycles. The van der Waals surface area contributed by atoms with Crippen molar-refractivity contribution < 1.29 is 19.1 Å². The van der Waals surface area contributed by atoms with Crippen LogP contribution in [0, 0.1) is 0 Å². The van der Waals surface area contributed by atoms with E-state index in [0.29, 0.717) is 55.1 Å². The number of benzene rings is 1. The molecule has 0 spiro atoms. The monoisotopic (exact) mass is 475 g/mol. The zero-order valence-electron chi connectivity index (χ0n) is 19.0. The summed E-state index contributed by atoms with van der Waals surface area (Å²) in [5, 5.41) is 10.3. The first-order valence-electron chi connectivity index (χ1n) is 11.1.